The predicted molar refractivity (Wildman–Crippen MR) is 139 cm³/mol. The van der Waals surface area contributed by atoms with Crippen molar-refractivity contribution in [2.45, 2.75) is 63.0 Å². The van der Waals surface area contributed by atoms with E-state index in [0.29, 0.717) is 29.7 Å². The molecule has 3 N–H and O–H groups in total. The molecule has 0 radical (unpaired) electrons. The SMILES string of the molecule is CC(C)n1ccc(S(=O)(=O)NC(=O)Nc2c(-c3ccnc(OC4CCB(O)OC4)n3)ccc3c2CCC3)n1. The molecule has 3 aromatic rings. The number of urea groups is 1. The fraction of sp³-hybridized carbons (Fsp3) is 0.417. The van der Waals surface area contributed by atoms with Crippen molar-refractivity contribution >= 4 is 28.9 Å². The van der Waals surface area contributed by atoms with Gasteiger partial charge in [0.25, 0.3) is 10.0 Å². The van der Waals surface area contributed by atoms with Gasteiger partial charge >= 0.3 is 19.2 Å². The van der Waals surface area contributed by atoms with E-state index in [4.69, 9.17) is 9.39 Å². The van der Waals surface area contributed by atoms with Crippen LogP contribution >= 0.6 is 0 Å². The van der Waals surface area contributed by atoms with Gasteiger partial charge in [-0.3, -0.25) is 4.68 Å². The molecule has 1 aliphatic heterocycles. The maximum Gasteiger partial charge on any atom is 0.454 e. The average molecular weight is 540 g/mol. The Bertz CT molecular complexity index is 1440. The molecule has 1 atom stereocenters. The van der Waals surface area contributed by atoms with Crippen LogP contribution in [0.4, 0.5) is 10.5 Å². The van der Waals surface area contributed by atoms with E-state index in [9.17, 15) is 18.2 Å². The summed E-state index contributed by atoms with van der Waals surface area (Å²) < 4.78 is 40.3. The van der Waals surface area contributed by atoms with Crippen molar-refractivity contribution in [2.75, 3.05) is 11.9 Å². The molecule has 200 valence electrons. The van der Waals surface area contributed by atoms with Gasteiger partial charge in [-0.15, -0.1) is 0 Å². The number of benzene rings is 1. The quantitative estimate of drug-likeness (QED) is 0.383. The van der Waals surface area contributed by atoms with E-state index in [1.807, 2.05) is 26.0 Å². The number of amides is 2. The van der Waals surface area contributed by atoms with Crippen molar-refractivity contribution in [1.29, 1.82) is 0 Å². The highest BCUT2D eigenvalue weighted by atomic mass is 32.2. The number of carbonyl (C=O) groups is 1. The lowest BCUT2D eigenvalue weighted by atomic mass is 9.80. The van der Waals surface area contributed by atoms with Crippen LogP contribution in [-0.4, -0.2) is 59.1 Å². The van der Waals surface area contributed by atoms with Gasteiger partial charge in [-0.25, -0.2) is 14.5 Å². The largest absolute Gasteiger partial charge is 0.458 e. The number of rotatable bonds is 7. The fourth-order valence-electron chi connectivity index (χ4n) is 4.59. The summed E-state index contributed by atoms with van der Waals surface area (Å²) in [7, 11) is -4.97. The molecular formula is C24H29BN6O6S. The monoisotopic (exact) mass is 540 g/mol. The Balaban J connectivity index is 1.39. The zero-order valence-corrected chi connectivity index (χ0v) is 21.9. The third-order valence-electron chi connectivity index (χ3n) is 6.53. The van der Waals surface area contributed by atoms with E-state index in [1.54, 1.807) is 18.5 Å². The molecule has 1 unspecified atom stereocenters. The summed E-state index contributed by atoms with van der Waals surface area (Å²) >= 11 is 0. The van der Waals surface area contributed by atoms with Gasteiger partial charge in [0.15, 0.2) is 5.03 Å². The molecular weight excluding hydrogens is 511 g/mol. The van der Waals surface area contributed by atoms with Gasteiger partial charge in [0.1, 0.15) is 6.10 Å². The number of ether oxygens (including phenoxy) is 1. The molecule has 0 saturated carbocycles. The van der Waals surface area contributed by atoms with Crippen LogP contribution in [0, 0.1) is 0 Å². The normalized spacial score (nSPS) is 17.4. The van der Waals surface area contributed by atoms with Crippen LogP contribution in [0.25, 0.3) is 11.3 Å². The Morgan fingerprint density at radius 3 is 2.84 bits per heavy atom. The second-order valence-electron chi connectivity index (χ2n) is 9.60. The molecule has 14 heteroatoms. The summed E-state index contributed by atoms with van der Waals surface area (Å²) in [6, 6.07) is 6.12. The van der Waals surface area contributed by atoms with E-state index >= 15 is 0 Å². The van der Waals surface area contributed by atoms with E-state index in [0.717, 1.165) is 30.4 Å². The Labute approximate surface area is 221 Å². The van der Waals surface area contributed by atoms with Gasteiger partial charge in [0, 0.05) is 24.0 Å². The Hall–Kier alpha value is -3.49. The predicted octanol–water partition coefficient (Wildman–Crippen LogP) is 2.57. The molecule has 2 aliphatic rings. The maximum atomic E-state index is 13.0. The summed E-state index contributed by atoms with van der Waals surface area (Å²) in [5.74, 6) is 0. The van der Waals surface area contributed by atoms with E-state index < -0.39 is 23.2 Å². The number of fused-ring (bicyclic) bond motifs is 1. The van der Waals surface area contributed by atoms with Gasteiger partial charge in [0.05, 0.1) is 18.0 Å². The number of nitrogens with zero attached hydrogens (tertiary/aromatic N) is 4. The first-order chi connectivity index (χ1) is 18.2. The lowest BCUT2D eigenvalue weighted by Crippen LogP contribution is -2.35. The minimum Gasteiger partial charge on any atom is -0.458 e. The van der Waals surface area contributed by atoms with Crippen LogP contribution < -0.4 is 14.8 Å². The van der Waals surface area contributed by atoms with Gasteiger partial charge < -0.3 is 19.7 Å². The standard InChI is InChI=1S/C24H29BN6O6S/c1-15(2)31-13-10-21(29-31)38(34,35)30-23(32)28-22-18-5-3-4-16(18)6-7-19(22)20-9-12-26-24(27-20)37-17-8-11-25(33)36-14-17/h6-7,9-10,12-13,15,17,33H,3-5,8,11,14H2,1-2H3,(H2,28,30,32). The lowest BCUT2D eigenvalue weighted by Gasteiger charge is -2.24. The summed E-state index contributed by atoms with van der Waals surface area (Å²) in [5.41, 5.74) is 3.65. The molecule has 2 aromatic heterocycles. The fourth-order valence-corrected chi connectivity index (χ4v) is 5.43. The van der Waals surface area contributed by atoms with Crippen molar-refractivity contribution in [3.05, 3.63) is 47.8 Å². The summed E-state index contributed by atoms with van der Waals surface area (Å²) in [5, 5.41) is 16.1. The number of hydrogen-bond donors (Lipinski definition) is 3. The number of hydrogen-bond acceptors (Lipinski definition) is 9. The molecule has 12 nitrogen and oxygen atoms in total. The molecule has 1 saturated heterocycles. The first-order valence-electron chi connectivity index (χ1n) is 12.5. The van der Waals surface area contributed by atoms with Gasteiger partial charge in [-0.2, -0.15) is 18.5 Å². The number of nitrogens with one attached hydrogen (secondary N) is 2. The first-order valence-corrected chi connectivity index (χ1v) is 14.0. The van der Waals surface area contributed by atoms with Gasteiger partial charge in [0.2, 0.25) is 0 Å². The molecule has 2 amide bonds. The third-order valence-corrected chi connectivity index (χ3v) is 7.75. The topological polar surface area (TPSA) is 158 Å². The van der Waals surface area contributed by atoms with Crippen LogP contribution in [-0.2, 0) is 27.5 Å². The van der Waals surface area contributed by atoms with Gasteiger partial charge in [-0.05, 0) is 69.1 Å². The molecule has 38 heavy (non-hydrogen) atoms. The van der Waals surface area contributed by atoms with E-state index in [1.165, 1.54) is 10.7 Å². The molecule has 1 fully saturated rings. The molecule has 1 aliphatic carbocycles. The Morgan fingerprint density at radius 2 is 2.11 bits per heavy atom. The lowest BCUT2D eigenvalue weighted by molar-refractivity contribution is 0.0828. The smallest absolute Gasteiger partial charge is 0.454 e. The summed E-state index contributed by atoms with van der Waals surface area (Å²) in [6.45, 7) is 3.97. The van der Waals surface area contributed by atoms with Crippen molar-refractivity contribution < 1.29 is 27.6 Å². The van der Waals surface area contributed by atoms with Crippen LogP contribution in [0.2, 0.25) is 6.32 Å². The second kappa shape index (κ2) is 10.7. The molecule has 5 rings (SSSR count). The second-order valence-corrected chi connectivity index (χ2v) is 11.2. The van der Waals surface area contributed by atoms with Gasteiger partial charge in [-0.1, -0.05) is 12.1 Å². The number of aryl methyl sites for hydroxylation is 1. The number of anilines is 1. The van der Waals surface area contributed by atoms with Crippen molar-refractivity contribution in [3.63, 3.8) is 0 Å². The number of aromatic nitrogens is 4. The van der Waals surface area contributed by atoms with Crippen LogP contribution in [0.5, 0.6) is 6.01 Å². The minimum absolute atomic E-state index is 0.0267. The van der Waals surface area contributed by atoms with Crippen molar-refractivity contribution in [3.8, 4) is 17.3 Å². The van der Waals surface area contributed by atoms with Crippen molar-refractivity contribution in [1.82, 2.24) is 24.5 Å². The summed E-state index contributed by atoms with van der Waals surface area (Å²) in [4.78, 5) is 21.7. The third kappa shape index (κ3) is 5.66. The van der Waals surface area contributed by atoms with Crippen molar-refractivity contribution in [2.24, 2.45) is 0 Å². The Morgan fingerprint density at radius 1 is 1.26 bits per heavy atom. The molecule has 0 bridgehead atoms. The molecule has 0 spiro atoms. The number of carbonyl (C=O) groups excluding carboxylic acids is 1. The van der Waals surface area contributed by atoms with Crippen LogP contribution in [0.15, 0.2) is 41.7 Å². The average Bonchev–Trinajstić information content (AvgIpc) is 3.56. The minimum atomic E-state index is -4.18. The van der Waals surface area contributed by atoms with Crippen LogP contribution in [0.1, 0.15) is 43.9 Å². The molecule has 1 aromatic carbocycles. The van der Waals surface area contributed by atoms with Crippen LogP contribution in [0.3, 0.4) is 0 Å². The highest BCUT2D eigenvalue weighted by Crippen LogP contribution is 2.37. The highest BCUT2D eigenvalue weighted by molar-refractivity contribution is 7.90. The zero-order chi connectivity index (χ0) is 26.9. The maximum absolute atomic E-state index is 13.0. The zero-order valence-electron chi connectivity index (χ0n) is 21.1. The van der Waals surface area contributed by atoms with E-state index in [-0.39, 0.29) is 29.8 Å². The first kappa shape index (κ1) is 26.1. The number of sulfonamides is 1. The highest BCUT2D eigenvalue weighted by Gasteiger charge is 2.27. The summed E-state index contributed by atoms with van der Waals surface area (Å²) in [6.07, 6.45) is 6.40. The Kier molecular flexibility index (Phi) is 7.37. The molecule has 3 heterocycles. The van der Waals surface area contributed by atoms with E-state index in [2.05, 4.69) is 25.1 Å².